The molecular weight excluding hydrogens is 869 g/mol. The number of amides is 2. The van der Waals surface area contributed by atoms with Crippen LogP contribution in [0.3, 0.4) is 0 Å². The Morgan fingerprint density at radius 1 is 0.924 bits per heavy atom. The highest BCUT2D eigenvalue weighted by Gasteiger charge is 2.86. The molecule has 2 aromatic heterocycles. The number of aromatic amines is 1. The first-order valence-electron chi connectivity index (χ1n) is 20.4. The molecule has 7 atom stereocenters. The van der Waals surface area contributed by atoms with Crippen molar-refractivity contribution in [3.63, 3.8) is 0 Å². The largest absolute Gasteiger partial charge is 0.478 e. The molecule has 1 saturated carbocycles. The summed E-state index contributed by atoms with van der Waals surface area (Å²) in [5.41, 5.74) is 4.61. The first-order valence-corrected chi connectivity index (χ1v) is 20.4. The quantitative estimate of drug-likeness (QED) is 0.0349. The number of hydrogen-bond donors (Lipinski definition) is 7. The van der Waals surface area contributed by atoms with Gasteiger partial charge in [-0.3, -0.25) is 39.8 Å². The summed E-state index contributed by atoms with van der Waals surface area (Å²) in [5, 5.41) is 23.5. The van der Waals surface area contributed by atoms with Crippen LogP contribution in [0.25, 0.3) is 11.2 Å². The molecule has 0 radical (unpaired) electrons. The number of hydrogen-bond acceptors (Lipinski definition) is 18. The van der Waals surface area contributed by atoms with Gasteiger partial charge in [-0.25, -0.2) is 24.4 Å². The van der Waals surface area contributed by atoms with Gasteiger partial charge in [0.15, 0.2) is 23.4 Å². The molecule has 23 nitrogen and oxygen atoms in total. The molecule has 3 fully saturated rings. The average Bonchev–Trinajstić information content (AvgIpc) is 4.06. The molecule has 2 aliphatic heterocycles. The number of carbonyl (C=O) groups is 7. The van der Waals surface area contributed by atoms with Crippen molar-refractivity contribution < 1.29 is 67.5 Å². The number of carbonyl (C=O) groups excluding carboxylic acids is 5. The number of benzene rings is 2. The second kappa shape index (κ2) is 16.6. The monoisotopic (exact) mass is 910 g/mol. The number of esters is 3. The van der Waals surface area contributed by atoms with Crippen LogP contribution in [-0.4, -0.2) is 115 Å². The van der Waals surface area contributed by atoms with Crippen LogP contribution in [0.15, 0.2) is 59.0 Å². The predicted molar refractivity (Wildman–Crippen MR) is 224 cm³/mol. The summed E-state index contributed by atoms with van der Waals surface area (Å²) in [6.45, 7) is 6.16. The van der Waals surface area contributed by atoms with E-state index in [1.807, 2.05) is 13.0 Å². The van der Waals surface area contributed by atoms with Crippen molar-refractivity contribution >= 4 is 64.5 Å². The fraction of sp³-hybridized carbons (Fsp3) is 0.372. The first kappa shape index (κ1) is 44.8. The molecule has 2 saturated heterocycles. The average molecular weight is 911 g/mol. The van der Waals surface area contributed by atoms with Gasteiger partial charge in [0.1, 0.15) is 18.3 Å². The first-order chi connectivity index (χ1) is 31.3. The number of aromatic nitrogens is 4. The number of H-pyrrole nitrogens is 1. The van der Waals surface area contributed by atoms with E-state index < -0.39 is 110 Å². The van der Waals surface area contributed by atoms with Crippen molar-refractivity contribution in [2.75, 3.05) is 24.3 Å². The molecule has 23 heteroatoms. The summed E-state index contributed by atoms with van der Waals surface area (Å²) in [6.07, 6.45) is -0.283. The van der Waals surface area contributed by atoms with E-state index >= 15 is 0 Å². The Morgan fingerprint density at radius 2 is 1.59 bits per heavy atom. The van der Waals surface area contributed by atoms with Crippen LogP contribution in [0.4, 0.5) is 11.6 Å². The van der Waals surface area contributed by atoms with Crippen LogP contribution in [0.1, 0.15) is 98.0 Å². The number of carboxylic acid groups (broad SMARTS) is 2. The number of fused-ring (bicyclic) bond motifs is 3. The van der Waals surface area contributed by atoms with Gasteiger partial charge >= 0.3 is 29.8 Å². The standard InChI is InChI=1S/C43H42N8O15/c1-18-9-10-42(16-62-19(2)52)28(11-18)65-32-30(31(64-20(3)53)41(42,4)43(32)17-63-43)66-39(61)27-13-25(37(57)58)24(12-26(27)38(59)60)35(55)51-50-34(54)21-5-7-22(8-6-21)45-14-23-15-46-33-29(47-23)36(56)49-40(44)48-33/h5-8,11-13,15,28,30-32,45H,9-10,14,16-17H2,1-4H3,(H,50,54)(H,51,55)(H,57,58)(H,59,60)(H3,44,46,48,49,56)/t28-,30-,31-,32-,41-,42-,43?/m1/s1. The highest BCUT2D eigenvalue weighted by Crippen LogP contribution is 2.72. The number of nitrogens with zero attached hydrogens (tertiary/aromatic N) is 3. The molecule has 4 aliphatic rings. The third kappa shape index (κ3) is 7.59. The molecule has 2 amide bonds. The minimum Gasteiger partial charge on any atom is -0.478 e. The van der Waals surface area contributed by atoms with Crippen LogP contribution >= 0.6 is 0 Å². The molecule has 8 N–H and O–H groups in total. The van der Waals surface area contributed by atoms with Gasteiger partial charge in [-0.15, -0.1) is 0 Å². The molecule has 344 valence electrons. The third-order valence-corrected chi connectivity index (χ3v) is 12.8. The number of anilines is 2. The summed E-state index contributed by atoms with van der Waals surface area (Å²) < 4.78 is 30.3. The Hall–Kier alpha value is -7.79. The third-order valence-electron chi connectivity index (χ3n) is 12.8. The van der Waals surface area contributed by atoms with Gasteiger partial charge in [-0.2, -0.15) is 4.98 Å². The number of rotatable bonds is 12. The van der Waals surface area contributed by atoms with E-state index in [9.17, 15) is 48.6 Å². The van der Waals surface area contributed by atoms with E-state index in [-0.39, 0.29) is 42.4 Å². The summed E-state index contributed by atoms with van der Waals surface area (Å²) in [6, 6.07) is 7.18. The molecule has 1 unspecified atom stereocenters. The topological polar surface area (TPSA) is 343 Å². The number of ether oxygens (including phenoxy) is 5. The van der Waals surface area contributed by atoms with Gasteiger partial charge in [0.2, 0.25) is 5.95 Å². The Kier molecular flexibility index (Phi) is 11.3. The van der Waals surface area contributed by atoms with Crippen LogP contribution in [-0.2, 0) is 39.8 Å². The van der Waals surface area contributed by atoms with Crippen molar-refractivity contribution in [3.8, 4) is 0 Å². The zero-order chi connectivity index (χ0) is 47.5. The van der Waals surface area contributed by atoms with Crippen molar-refractivity contribution in [1.29, 1.82) is 0 Å². The van der Waals surface area contributed by atoms with Gasteiger partial charge in [0.25, 0.3) is 17.4 Å². The maximum atomic E-state index is 14.2. The number of nitrogens with two attached hydrogens (primary N) is 1. The van der Waals surface area contributed by atoms with Crippen molar-refractivity contribution in [1.82, 2.24) is 30.8 Å². The van der Waals surface area contributed by atoms with E-state index in [0.717, 1.165) is 12.5 Å². The van der Waals surface area contributed by atoms with E-state index in [4.69, 9.17) is 29.4 Å². The molecule has 2 bridgehead atoms. The summed E-state index contributed by atoms with van der Waals surface area (Å²) >= 11 is 0. The lowest BCUT2D eigenvalue weighted by Crippen LogP contribution is -2.66. The van der Waals surface area contributed by atoms with Crippen LogP contribution in [0.5, 0.6) is 0 Å². The highest BCUT2D eigenvalue weighted by molar-refractivity contribution is 6.11. The number of carboxylic acids is 2. The smallest absolute Gasteiger partial charge is 0.339 e. The zero-order valence-electron chi connectivity index (χ0n) is 35.6. The molecule has 8 rings (SSSR count). The van der Waals surface area contributed by atoms with Crippen molar-refractivity contribution in [2.45, 2.75) is 77.1 Å². The van der Waals surface area contributed by atoms with Gasteiger partial charge < -0.3 is 44.9 Å². The van der Waals surface area contributed by atoms with Gasteiger partial charge in [-0.05, 0) is 56.2 Å². The summed E-state index contributed by atoms with van der Waals surface area (Å²) in [4.78, 5) is 118. The van der Waals surface area contributed by atoms with Crippen molar-refractivity contribution in [3.05, 3.63) is 98.1 Å². The predicted octanol–water partition coefficient (Wildman–Crippen LogP) is 1.68. The highest BCUT2D eigenvalue weighted by atomic mass is 16.7. The fourth-order valence-corrected chi connectivity index (χ4v) is 9.43. The van der Waals surface area contributed by atoms with E-state index in [1.165, 1.54) is 37.4 Å². The lowest BCUT2D eigenvalue weighted by molar-refractivity contribution is -0.233. The number of nitrogen functional groups attached to an aromatic ring is 1. The van der Waals surface area contributed by atoms with Crippen LogP contribution in [0, 0.1) is 10.8 Å². The second-order valence-corrected chi connectivity index (χ2v) is 16.6. The zero-order valence-corrected chi connectivity index (χ0v) is 35.6. The summed E-state index contributed by atoms with van der Waals surface area (Å²) in [5.74, 6) is -8.33. The minimum atomic E-state index is -1.74. The van der Waals surface area contributed by atoms with Crippen molar-refractivity contribution in [2.24, 2.45) is 10.8 Å². The number of epoxide rings is 1. The lowest BCUT2D eigenvalue weighted by atomic mass is 9.51. The molecule has 4 aromatic rings. The molecule has 66 heavy (non-hydrogen) atoms. The minimum absolute atomic E-state index is 0.00578. The van der Waals surface area contributed by atoms with Crippen LogP contribution < -0.4 is 27.5 Å². The number of nitrogens with one attached hydrogen (secondary N) is 4. The molecule has 4 heterocycles. The van der Waals surface area contributed by atoms with Gasteiger partial charge in [0.05, 0.1) is 58.8 Å². The maximum Gasteiger partial charge on any atom is 0.339 e. The lowest BCUT2D eigenvalue weighted by Gasteiger charge is -2.57. The molecular formula is C43H42N8O15. The number of hydrazine groups is 1. The number of allylic oxidation sites excluding steroid dienone is 1. The normalized spacial score (nSPS) is 25.7. The summed E-state index contributed by atoms with van der Waals surface area (Å²) in [7, 11) is 0. The fourth-order valence-electron chi connectivity index (χ4n) is 9.43. The van der Waals surface area contributed by atoms with E-state index in [2.05, 4.69) is 36.1 Å². The second-order valence-electron chi connectivity index (χ2n) is 16.6. The Balaban J connectivity index is 0.997. The Morgan fingerprint density at radius 3 is 2.24 bits per heavy atom. The SMILES string of the molecule is CC(=O)OC[C@]12CCC(C)=C[C@H]1O[C@@H]1[C@H](OC(=O)c3cc(C(=O)O)c(C(=O)NNC(=O)c4ccc(NCc5cnc6nc(N)[nH]c(=O)c6n5)cc4)cc3C(=O)O)[C@@H](OC(C)=O)[C@@]2(C)C12CO2. The maximum absolute atomic E-state index is 14.2. The van der Waals surface area contributed by atoms with Crippen LogP contribution in [0.2, 0.25) is 0 Å². The van der Waals surface area contributed by atoms with E-state index in [0.29, 0.717) is 36.4 Å². The Labute approximate surface area is 372 Å². The van der Waals surface area contributed by atoms with Gasteiger partial charge in [-0.1, -0.05) is 18.6 Å². The Bertz CT molecular complexity index is 2840. The van der Waals surface area contributed by atoms with E-state index in [1.54, 1.807) is 6.92 Å². The molecule has 2 aliphatic carbocycles. The number of aromatic carboxylic acids is 2. The molecule has 1 spiro atoms. The molecule has 2 aromatic carbocycles. The van der Waals surface area contributed by atoms with Gasteiger partial charge in [0, 0.05) is 30.5 Å².